The summed E-state index contributed by atoms with van der Waals surface area (Å²) in [6, 6.07) is 8.77. The van der Waals surface area contributed by atoms with E-state index in [1.807, 2.05) is 44.2 Å². The highest BCUT2D eigenvalue weighted by Crippen LogP contribution is 2.18. The summed E-state index contributed by atoms with van der Waals surface area (Å²) in [5, 5.41) is 0. The van der Waals surface area contributed by atoms with E-state index in [1.165, 1.54) is 0 Å². The first-order valence-corrected chi connectivity index (χ1v) is 6.88. The Balaban J connectivity index is 2.41. The van der Waals surface area contributed by atoms with Crippen molar-refractivity contribution in [1.82, 2.24) is 0 Å². The molecule has 1 rings (SSSR count). The number of hydrogen-bond acceptors (Lipinski definition) is 4. The van der Waals surface area contributed by atoms with Crippen molar-refractivity contribution in [1.29, 1.82) is 0 Å². The highest BCUT2D eigenvalue weighted by Gasteiger charge is 2.23. The molecule has 3 atom stereocenters. The van der Waals surface area contributed by atoms with E-state index in [4.69, 9.17) is 10.5 Å². The van der Waals surface area contributed by atoms with Crippen LogP contribution in [0.2, 0.25) is 0 Å². The lowest BCUT2D eigenvalue weighted by atomic mass is 9.87. The van der Waals surface area contributed by atoms with E-state index in [1.54, 1.807) is 6.92 Å². The van der Waals surface area contributed by atoms with E-state index in [9.17, 15) is 9.59 Å². The number of carbonyl (C=O) groups excluding carboxylic acids is 2. The van der Waals surface area contributed by atoms with Gasteiger partial charge >= 0.3 is 5.97 Å². The molecule has 4 nitrogen and oxygen atoms in total. The summed E-state index contributed by atoms with van der Waals surface area (Å²) in [7, 11) is 0. The van der Waals surface area contributed by atoms with Gasteiger partial charge in [0.05, 0.1) is 0 Å². The van der Waals surface area contributed by atoms with Gasteiger partial charge in [-0.15, -0.1) is 0 Å². The fraction of sp³-hybridized carbons (Fsp3) is 0.500. The minimum absolute atomic E-state index is 0.0618. The van der Waals surface area contributed by atoms with Crippen molar-refractivity contribution < 1.29 is 14.3 Å². The molecular formula is C16H23NO3. The molecule has 1 aromatic carbocycles. The lowest BCUT2D eigenvalue weighted by Crippen LogP contribution is -2.35. The van der Waals surface area contributed by atoms with Gasteiger partial charge in [0.1, 0.15) is 18.4 Å². The van der Waals surface area contributed by atoms with Gasteiger partial charge in [0.25, 0.3) is 0 Å². The number of ketones is 1. The Morgan fingerprint density at radius 2 is 1.80 bits per heavy atom. The summed E-state index contributed by atoms with van der Waals surface area (Å²) in [6.45, 7) is 5.57. The second-order valence-electron chi connectivity index (χ2n) is 5.31. The van der Waals surface area contributed by atoms with Crippen LogP contribution in [0.25, 0.3) is 0 Å². The molecule has 20 heavy (non-hydrogen) atoms. The van der Waals surface area contributed by atoms with Crippen molar-refractivity contribution in [2.24, 2.45) is 17.6 Å². The lowest BCUT2D eigenvalue weighted by molar-refractivity contribution is -0.147. The lowest BCUT2D eigenvalue weighted by Gasteiger charge is -2.20. The molecular weight excluding hydrogens is 254 g/mol. The van der Waals surface area contributed by atoms with Crippen LogP contribution in [0.3, 0.4) is 0 Å². The molecule has 0 amide bonds. The Morgan fingerprint density at radius 1 is 1.20 bits per heavy atom. The third-order valence-electron chi connectivity index (χ3n) is 3.65. The summed E-state index contributed by atoms with van der Waals surface area (Å²) in [4.78, 5) is 23.1. The van der Waals surface area contributed by atoms with Crippen molar-refractivity contribution in [3.63, 3.8) is 0 Å². The maximum Gasteiger partial charge on any atom is 0.323 e. The first-order valence-electron chi connectivity index (χ1n) is 6.88. The molecule has 0 aromatic heterocycles. The van der Waals surface area contributed by atoms with Crippen LogP contribution in [0.1, 0.15) is 32.8 Å². The number of ether oxygens (including phenoxy) is 1. The van der Waals surface area contributed by atoms with Crippen LogP contribution in [0, 0.1) is 11.8 Å². The molecule has 2 unspecified atom stereocenters. The summed E-state index contributed by atoms with van der Waals surface area (Å²) in [5.74, 6) is -0.339. The number of carbonyl (C=O) groups is 2. The third kappa shape index (κ3) is 5.13. The Labute approximate surface area is 120 Å². The van der Waals surface area contributed by atoms with Crippen molar-refractivity contribution in [2.75, 3.05) is 0 Å². The van der Waals surface area contributed by atoms with Gasteiger partial charge in [-0.3, -0.25) is 9.59 Å². The zero-order chi connectivity index (χ0) is 15.1. The van der Waals surface area contributed by atoms with E-state index in [0.717, 1.165) is 5.56 Å². The standard InChI is InChI=1S/C16H23NO3/c1-11(12(2)13(3)18)9-15(17)16(19)20-10-14-7-5-4-6-8-14/h4-8,11-12,15H,9-10,17H2,1-3H3/t11?,12-,15?/m1/s1. The van der Waals surface area contributed by atoms with Gasteiger partial charge in [0, 0.05) is 5.92 Å². The quantitative estimate of drug-likeness (QED) is 0.776. The first kappa shape index (κ1) is 16.4. The van der Waals surface area contributed by atoms with Gasteiger partial charge in [0.15, 0.2) is 0 Å². The van der Waals surface area contributed by atoms with Gasteiger partial charge in [0.2, 0.25) is 0 Å². The summed E-state index contributed by atoms with van der Waals surface area (Å²) < 4.78 is 5.18. The molecule has 0 saturated heterocycles. The van der Waals surface area contributed by atoms with E-state index in [-0.39, 0.29) is 24.2 Å². The molecule has 0 aliphatic rings. The van der Waals surface area contributed by atoms with Crippen molar-refractivity contribution >= 4 is 11.8 Å². The van der Waals surface area contributed by atoms with Crippen LogP contribution in [-0.4, -0.2) is 17.8 Å². The third-order valence-corrected chi connectivity index (χ3v) is 3.65. The zero-order valence-electron chi connectivity index (χ0n) is 12.3. The maximum atomic E-state index is 11.8. The summed E-state index contributed by atoms with van der Waals surface area (Å²) >= 11 is 0. The van der Waals surface area contributed by atoms with Crippen molar-refractivity contribution in [2.45, 2.75) is 39.8 Å². The Hall–Kier alpha value is -1.68. The van der Waals surface area contributed by atoms with Gasteiger partial charge in [-0.05, 0) is 24.8 Å². The molecule has 110 valence electrons. The molecule has 2 N–H and O–H groups in total. The number of nitrogens with two attached hydrogens (primary N) is 1. The average molecular weight is 277 g/mol. The normalized spacial score (nSPS) is 15.2. The second-order valence-corrected chi connectivity index (χ2v) is 5.31. The average Bonchev–Trinajstić information content (AvgIpc) is 2.44. The Bertz CT molecular complexity index is 444. The van der Waals surface area contributed by atoms with Crippen LogP contribution in [0.4, 0.5) is 0 Å². The fourth-order valence-corrected chi connectivity index (χ4v) is 1.94. The summed E-state index contributed by atoms with van der Waals surface area (Å²) in [5.41, 5.74) is 6.76. The van der Waals surface area contributed by atoms with Crippen LogP contribution in [0.15, 0.2) is 30.3 Å². The monoisotopic (exact) mass is 277 g/mol. The molecule has 0 aliphatic heterocycles. The van der Waals surface area contributed by atoms with Crippen molar-refractivity contribution in [3.05, 3.63) is 35.9 Å². The fourth-order valence-electron chi connectivity index (χ4n) is 1.94. The van der Waals surface area contributed by atoms with Gasteiger partial charge < -0.3 is 10.5 Å². The first-order chi connectivity index (χ1) is 9.41. The topological polar surface area (TPSA) is 69.4 Å². The number of rotatable bonds is 7. The predicted molar refractivity (Wildman–Crippen MR) is 77.8 cm³/mol. The van der Waals surface area contributed by atoms with E-state index < -0.39 is 12.0 Å². The minimum Gasteiger partial charge on any atom is -0.460 e. The van der Waals surface area contributed by atoms with Crippen LogP contribution >= 0.6 is 0 Å². The molecule has 0 fully saturated rings. The van der Waals surface area contributed by atoms with E-state index in [2.05, 4.69) is 0 Å². The SMILES string of the molecule is CC(=O)[C@H](C)C(C)CC(N)C(=O)OCc1ccccc1. The number of esters is 1. The van der Waals surface area contributed by atoms with Gasteiger partial charge in [-0.2, -0.15) is 0 Å². The minimum atomic E-state index is -0.685. The molecule has 4 heteroatoms. The number of Topliss-reactive ketones (excluding diaryl/α,β-unsaturated/α-hetero) is 1. The second kappa shape index (κ2) is 7.80. The number of benzene rings is 1. The zero-order valence-corrected chi connectivity index (χ0v) is 12.3. The van der Waals surface area contributed by atoms with Crippen LogP contribution in [-0.2, 0) is 20.9 Å². The number of hydrogen-bond donors (Lipinski definition) is 1. The van der Waals surface area contributed by atoms with Gasteiger partial charge in [-0.25, -0.2) is 0 Å². The van der Waals surface area contributed by atoms with E-state index in [0.29, 0.717) is 6.42 Å². The Morgan fingerprint density at radius 3 is 2.35 bits per heavy atom. The molecule has 0 bridgehead atoms. The van der Waals surface area contributed by atoms with Crippen molar-refractivity contribution in [3.8, 4) is 0 Å². The highest BCUT2D eigenvalue weighted by molar-refractivity contribution is 5.78. The molecule has 1 aromatic rings. The molecule has 0 saturated carbocycles. The maximum absolute atomic E-state index is 11.8. The summed E-state index contributed by atoms with van der Waals surface area (Å²) in [6.07, 6.45) is 0.453. The molecule has 0 spiro atoms. The highest BCUT2D eigenvalue weighted by atomic mass is 16.5. The molecule has 0 heterocycles. The van der Waals surface area contributed by atoms with Crippen LogP contribution in [0.5, 0.6) is 0 Å². The molecule has 0 radical (unpaired) electrons. The van der Waals surface area contributed by atoms with Crippen LogP contribution < -0.4 is 5.73 Å². The van der Waals surface area contributed by atoms with Gasteiger partial charge in [-0.1, -0.05) is 44.2 Å². The predicted octanol–water partition coefficient (Wildman–Crippen LogP) is 2.31. The largest absolute Gasteiger partial charge is 0.460 e. The molecule has 0 aliphatic carbocycles. The smallest absolute Gasteiger partial charge is 0.323 e. The Kier molecular flexibility index (Phi) is 6.39. The van der Waals surface area contributed by atoms with E-state index >= 15 is 0 Å².